The predicted octanol–water partition coefficient (Wildman–Crippen LogP) is 2.71. The van der Waals surface area contributed by atoms with Crippen LogP contribution >= 0.6 is 22.6 Å². The lowest BCUT2D eigenvalue weighted by molar-refractivity contribution is -0.118. The second-order valence-corrected chi connectivity index (χ2v) is 5.97. The van der Waals surface area contributed by atoms with Gasteiger partial charge in [0.1, 0.15) is 0 Å². The van der Waals surface area contributed by atoms with Gasteiger partial charge in [-0.15, -0.1) is 0 Å². The topological polar surface area (TPSA) is 52.6 Å². The van der Waals surface area contributed by atoms with Gasteiger partial charge in [0.2, 0.25) is 5.91 Å². The SMILES string of the molecule is CCC(CC)N(CCO)CC(=O)Nc1cccc(I)c1. The zero-order valence-electron chi connectivity index (χ0n) is 12.1. The highest BCUT2D eigenvalue weighted by Gasteiger charge is 2.17. The first-order chi connectivity index (χ1) is 9.60. The van der Waals surface area contributed by atoms with Crippen molar-refractivity contribution in [1.82, 2.24) is 4.90 Å². The summed E-state index contributed by atoms with van der Waals surface area (Å²) in [6.07, 6.45) is 1.96. The summed E-state index contributed by atoms with van der Waals surface area (Å²) in [5, 5.41) is 12.0. The molecule has 0 radical (unpaired) electrons. The van der Waals surface area contributed by atoms with E-state index in [9.17, 15) is 4.79 Å². The molecule has 0 heterocycles. The van der Waals surface area contributed by atoms with Crippen molar-refractivity contribution in [2.75, 3.05) is 25.0 Å². The second-order valence-electron chi connectivity index (χ2n) is 4.72. The smallest absolute Gasteiger partial charge is 0.238 e. The van der Waals surface area contributed by atoms with Crippen molar-refractivity contribution in [3.8, 4) is 0 Å². The van der Waals surface area contributed by atoms with Crippen LogP contribution in [0.25, 0.3) is 0 Å². The number of carbonyl (C=O) groups is 1. The number of aliphatic hydroxyl groups excluding tert-OH is 1. The molecule has 0 atom stereocenters. The highest BCUT2D eigenvalue weighted by molar-refractivity contribution is 14.1. The molecule has 1 rings (SSSR count). The van der Waals surface area contributed by atoms with Gasteiger partial charge in [-0.3, -0.25) is 9.69 Å². The van der Waals surface area contributed by atoms with Gasteiger partial charge in [0, 0.05) is 21.8 Å². The Bertz CT molecular complexity index is 422. The molecule has 2 N–H and O–H groups in total. The number of aliphatic hydroxyl groups is 1. The zero-order valence-corrected chi connectivity index (χ0v) is 14.3. The van der Waals surface area contributed by atoms with Crippen LogP contribution in [-0.4, -0.2) is 41.7 Å². The number of benzene rings is 1. The van der Waals surface area contributed by atoms with Crippen molar-refractivity contribution < 1.29 is 9.90 Å². The number of anilines is 1. The van der Waals surface area contributed by atoms with E-state index >= 15 is 0 Å². The third kappa shape index (κ3) is 5.76. The molecule has 20 heavy (non-hydrogen) atoms. The Morgan fingerprint density at radius 3 is 2.65 bits per heavy atom. The predicted molar refractivity (Wildman–Crippen MR) is 90.8 cm³/mol. The monoisotopic (exact) mass is 390 g/mol. The number of hydrogen-bond acceptors (Lipinski definition) is 3. The van der Waals surface area contributed by atoms with E-state index in [-0.39, 0.29) is 12.5 Å². The Morgan fingerprint density at radius 2 is 2.10 bits per heavy atom. The fourth-order valence-corrected chi connectivity index (χ4v) is 2.82. The lowest BCUT2D eigenvalue weighted by Gasteiger charge is -2.29. The Hall–Kier alpha value is -0.660. The van der Waals surface area contributed by atoms with Gasteiger partial charge in [0.05, 0.1) is 13.2 Å². The van der Waals surface area contributed by atoms with Gasteiger partial charge in [-0.05, 0) is 53.6 Å². The molecule has 4 nitrogen and oxygen atoms in total. The maximum absolute atomic E-state index is 12.1. The van der Waals surface area contributed by atoms with Crippen LogP contribution in [0.5, 0.6) is 0 Å². The molecule has 0 unspecified atom stereocenters. The van der Waals surface area contributed by atoms with Gasteiger partial charge in [-0.2, -0.15) is 0 Å². The number of nitrogens with zero attached hydrogens (tertiary/aromatic N) is 1. The van der Waals surface area contributed by atoms with E-state index in [1.165, 1.54) is 0 Å². The number of carbonyl (C=O) groups excluding carboxylic acids is 1. The molecule has 0 aliphatic carbocycles. The first kappa shape index (κ1) is 17.4. The van der Waals surface area contributed by atoms with Crippen molar-refractivity contribution in [3.05, 3.63) is 27.8 Å². The summed E-state index contributed by atoms with van der Waals surface area (Å²) in [6.45, 7) is 5.14. The summed E-state index contributed by atoms with van der Waals surface area (Å²) in [6, 6.07) is 8.06. The molecule has 0 spiro atoms. The van der Waals surface area contributed by atoms with Gasteiger partial charge < -0.3 is 10.4 Å². The van der Waals surface area contributed by atoms with E-state index in [0.29, 0.717) is 19.1 Å². The van der Waals surface area contributed by atoms with Crippen LogP contribution in [-0.2, 0) is 4.79 Å². The summed E-state index contributed by atoms with van der Waals surface area (Å²) in [4.78, 5) is 14.2. The highest BCUT2D eigenvalue weighted by Crippen LogP contribution is 2.13. The largest absolute Gasteiger partial charge is 0.395 e. The Balaban J connectivity index is 2.61. The lowest BCUT2D eigenvalue weighted by atomic mass is 10.1. The normalized spacial score (nSPS) is 11.1. The van der Waals surface area contributed by atoms with Crippen molar-refractivity contribution in [1.29, 1.82) is 0 Å². The van der Waals surface area contributed by atoms with Gasteiger partial charge in [0.25, 0.3) is 0 Å². The van der Waals surface area contributed by atoms with Crippen molar-refractivity contribution in [2.45, 2.75) is 32.7 Å². The number of nitrogens with one attached hydrogen (secondary N) is 1. The Labute approximate surface area is 134 Å². The first-order valence-corrected chi connectivity index (χ1v) is 8.08. The minimum atomic E-state index is -0.0349. The minimum Gasteiger partial charge on any atom is -0.395 e. The summed E-state index contributed by atoms with van der Waals surface area (Å²) in [5.41, 5.74) is 0.815. The van der Waals surface area contributed by atoms with Crippen LogP contribution in [0.15, 0.2) is 24.3 Å². The summed E-state index contributed by atoms with van der Waals surface area (Å²) in [5.74, 6) is -0.0349. The van der Waals surface area contributed by atoms with Crippen LogP contribution < -0.4 is 5.32 Å². The maximum atomic E-state index is 12.1. The first-order valence-electron chi connectivity index (χ1n) is 7.01. The van der Waals surface area contributed by atoms with Crippen molar-refractivity contribution >= 4 is 34.2 Å². The molecule has 5 heteroatoms. The molecule has 1 amide bonds. The average Bonchev–Trinajstić information content (AvgIpc) is 2.40. The quantitative estimate of drug-likeness (QED) is 0.672. The Morgan fingerprint density at radius 1 is 1.40 bits per heavy atom. The number of rotatable bonds is 8. The van der Waals surface area contributed by atoms with Gasteiger partial charge >= 0.3 is 0 Å². The number of hydrogen-bond donors (Lipinski definition) is 2. The van der Waals surface area contributed by atoms with Crippen LogP contribution in [0, 0.1) is 3.57 Å². The summed E-state index contributed by atoms with van der Waals surface area (Å²) in [7, 11) is 0. The molecular formula is C15H23IN2O2. The van der Waals surface area contributed by atoms with Crippen molar-refractivity contribution in [3.63, 3.8) is 0 Å². The molecule has 0 bridgehead atoms. The van der Waals surface area contributed by atoms with E-state index in [1.807, 2.05) is 29.2 Å². The standard InChI is InChI=1S/C15H23IN2O2/c1-3-14(4-2)18(8-9-19)11-15(20)17-13-7-5-6-12(16)10-13/h5-7,10,14,19H,3-4,8-9,11H2,1-2H3,(H,17,20). The zero-order chi connectivity index (χ0) is 15.0. The number of halogens is 1. The average molecular weight is 390 g/mol. The summed E-state index contributed by atoms with van der Waals surface area (Å²) < 4.78 is 1.09. The molecule has 0 aliphatic rings. The molecule has 1 aromatic rings. The number of amides is 1. The minimum absolute atomic E-state index is 0.0349. The molecule has 0 saturated heterocycles. The van der Waals surface area contributed by atoms with Gasteiger partial charge in [-0.25, -0.2) is 0 Å². The molecular weight excluding hydrogens is 367 g/mol. The van der Waals surface area contributed by atoms with Crippen LogP contribution in [0.1, 0.15) is 26.7 Å². The van der Waals surface area contributed by atoms with Crippen molar-refractivity contribution in [2.24, 2.45) is 0 Å². The maximum Gasteiger partial charge on any atom is 0.238 e. The third-order valence-electron chi connectivity index (χ3n) is 3.30. The molecule has 0 aliphatic heterocycles. The Kier molecular flexibility index (Phi) is 8.09. The van der Waals surface area contributed by atoms with Crippen LogP contribution in [0.4, 0.5) is 5.69 Å². The molecule has 0 fully saturated rings. The fourth-order valence-electron chi connectivity index (χ4n) is 2.28. The van der Waals surface area contributed by atoms with E-state index < -0.39 is 0 Å². The van der Waals surface area contributed by atoms with Crippen LogP contribution in [0.2, 0.25) is 0 Å². The van der Waals surface area contributed by atoms with E-state index in [2.05, 4.69) is 41.8 Å². The molecule has 1 aromatic carbocycles. The van der Waals surface area contributed by atoms with Gasteiger partial charge in [0.15, 0.2) is 0 Å². The molecule has 112 valence electrons. The molecule has 0 aromatic heterocycles. The second kappa shape index (κ2) is 9.31. The third-order valence-corrected chi connectivity index (χ3v) is 3.97. The summed E-state index contributed by atoms with van der Waals surface area (Å²) >= 11 is 2.22. The highest BCUT2D eigenvalue weighted by atomic mass is 127. The van der Waals surface area contributed by atoms with Gasteiger partial charge in [-0.1, -0.05) is 19.9 Å². The van der Waals surface area contributed by atoms with E-state index in [0.717, 1.165) is 22.1 Å². The molecule has 0 saturated carbocycles. The van der Waals surface area contributed by atoms with E-state index in [4.69, 9.17) is 5.11 Å². The lowest BCUT2D eigenvalue weighted by Crippen LogP contribution is -2.42. The van der Waals surface area contributed by atoms with Crippen LogP contribution in [0.3, 0.4) is 0 Å². The van der Waals surface area contributed by atoms with E-state index in [1.54, 1.807) is 0 Å². The fraction of sp³-hybridized carbons (Fsp3) is 0.533.